The van der Waals surface area contributed by atoms with Gasteiger partial charge in [-0.25, -0.2) is 9.48 Å². The molecule has 0 aliphatic heterocycles. The molecule has 0 radical (unpaired) electrons. The van der Waals surface area contributed by atoms with E-state index in [2.05, 4.69) is 5.10 Å². The molecule has 2 aromatic carbocycles. The van der Waals surface area contributed by atoms with E-state index in [1.807, 2.05) is 31.2 Å². The standard InChI is InChI=1S/C20H21Cl2N3O3/c1-4-25(10-11-27-3)20(26)28-19-16-7-5-6-15(18(16)23-24(19)2)14-9-8-13(21)12-17(14)22/h5-9,12H,4,10-11H2,1-3H3. The number of carbonyl (C=O) groups excluding carboxylic acids is 1. The molecule has 0 N–H and O–H groups in total. The summed E-state index contributed by atoms with van der Waals surface area (Å²) in [5, 5.41) is 6.37. The Hall–Kier alpha value is -2.28. The summed E-state index contributed by atoms with van der Waals surface area (Å²) >= 11 is 12.4. The van der Waals surface area contributed by atoms with Crippen LogP contribution in [0.1, 0.15) is 6.92 Å². The highest BCUT2D eigenvalue weighted by Gasteiger charge is 2.21. The highest BCUT2D eigenvalue weighted by molar-refractivity contribution is 6.36. The third-order valence-electron chi connectivity index (χ3n) is 4.42. The lowest BCUT2D eigenvalue weighted by Crippen LogP contribution is -2.36. The molecule has 8 heteroatoms. The molecule has 3 aromatic rings. The fourth-order valence-electron chi connectivity index (χ4n) is 2.97. The van der Waals surface area contributed by atoms with Crippen molar-refractivity contribution in [3.63, 3.8) is 0 Å². The number of aryl methyl sites for hydroxylation is 1. The van der Waals surface area contributed by atoms with Crippen molar-refractivity contribution in [2.24, 2.45) is 7.05 Å². The van der Waals surface area contributed by atoms with Gasteiger partial charge in [-0.1, -0.05) is 41.4 Å². The number of aromatic nitrogens is 2. The number of carbonyl (C=O) groups is 1. The molecule has 0 aliphatic carbocycles. The maximum atomic E-state index is 12.6. The Morgan fingerprint density at radius 1 is 1.21 bits per heavy atom. The van der Waals surface area contributed by atoms with E-state index in [1.54, 1.807) is 35.9 Å². The Kier molecular flexibility index (Phi) is 6.44. The summed E-state index contributed by atoms with van der Waals surface area (Å²) in [6, 6.07) is 11.0. The topological polar surface area (TPSA) is 56.6 Å². The normalized spacial score (nSPS) is 11.0. The zero-order chi connectivity index (χ0) is 20.3. The van der Waals surface area contributed by atoms with E-state index >= 15 is 0 Å². The fraction of sp³-hybridized carbons (Fsp3) is 0.300. The van der Waals surface area contributed by atoms with Gasteiger partial charge in [0.1, 0.15) is 5.52 Å². The molecule has 1 aromatic heterocycles. The molecule has 3 rings (SSSR count). The number of benzene rings is 2. The molecular weight excluding hydrogens is 401 g/mol. The molecule has 1 heterocycles. The molecule has 28 heavy (non-hydrogen) atoms. The number of amides is 1. The minimum absolute atomic E-state index is 0.378. The van der Waals surface area contributed by atoms with Crippen molar-refractivity contribution in [3.8, 4) is 17.0 Å². The number of rotatable bonds is 6. The molecule has 0 bridgehead atoms. The van der Waals surface area contributed by atoms with Gasteiger partial charge in [0.15, 0.2) is 0 Å². The van der Waals surface area contributed by atoms with Gasteiger partial charge in [0.05, 0.1) is 12.0 Å². The minimum atomic E-state index is -0.445. The van der Waals surface area contributed by atoms with Crippen LogP contribution in [0.5, 0.6) is 5.88 Å². The van der Waals surface area contributed by atoms with E-state index < -0.39 is 6.09 Å². The molecular formula is C20H21Cl2N3O3. The maximum Gasteiger partial charge on any atom is 0.416 e. The second-order valence-electron chi connectivity index (χ2n) is 6.20. The largest absolute Gasteiger partial charge is 0.416 e. The van der Waals surface area contributed by atoms with Gasteiger partial charge in [-0.05, 0) is 25.1 Å². The molecule has 6 nitrogen and oxygen atoms in total. The van der Waals surface area contributed by atoms with Crippen LogP contribution >= 0.6 is 23.2 Å². The summed E-state index contributed by atoms with van der Waals surface area (Å²) in [6.45, 7) is 3.30. The molecule has 0 aliphatic rings. The maximum absolute atomic E-state index is 12.6. The number of halogens is 2. The van der Waals surface area contributed by atoms with Gasteiger partial charge >= 0.3 is 6.09 Å². The molecule has 148 valence electrons. The molecule has 0 atom stereocenters. The predicted octanol–water partition coefficient (Wildman–Crippen LogP) is 5.01. The third kappa shape index (κ3) is 4.09. The van der Waals surface area contributed by atoms with Gasteiger partial charge < -0.3 is 14.4 Å². The van der Waals surface area contributed by atoms with Crippen LogP contribution in [0.15, 0.2) is 36.4 Å². The summed E-state index contributed by atoms with van der Waals surface area (Å²) in [5.74, 6) is 0.378. The third-order valence-corrected chi connectivity index (χ3v) is 4.97. The monoisotopic (exact) mass is 421 g/mol. The molecule has 0 unspecified atom stereocenters. The van der Waals surface area contributed by atoms with Crippen LogP contribution in [0.2, 0.25) is 10.0 Å². The van der Waals surface area contributed by atoms with E-state index in [4.69, 9.17) is 32.7 Å². The Balaban J connectivity index is 2.00. The Labute approximate surface area is 173 Å². The minimum Gasteiger partial charge on any atom is -0.391 e. The summed E-state index contributed by atoms with van der Waals surface area (Å²) in [4.78, 5) is 14.1. The molecule has 1 amide bonds. The predicted molar refractivity (Wildman–Crippen MR) is 111 cm³/mol. The molecule has 0 saturated heterocycles. The number of hydrogen-bond acceptors (Lipinski definition) is 4. The van der Waals surface area contributed by atoms with Crippen LogP contribution in [0.25, 0.3) is 22.0 Å². The first-order valence-corrected chi connectivity index (χ1v) is 9.58. The number of fused-ring (bicyclic) bond motifs is 1. The summed E-state index contributed by atoms with van der Waals surface area (Å²) < 4.78 is 12.3. The lowest BCUT2D eigenvalue weighted by molar-refractivity contribution is 0.124. The van der Waals surface area contributed by atoms with Gasteiger partial charge in [0, 0.05) is 48.4 Å². The first kappa shape index (κ1) is 20.5. The van der Waals surface area contributed by atoms with Crippen molar-refractivity contribution in [1.29, 1.82) is 0 Å². The Morgan fingerprint density at radius 3 is 2.68 bits per heavy atom. The van der Waals surface area contributed by atoms with Crippen LogP contribution < -0.4 is 4.74 Å². The lowest BCUT2D eigenvalue weighted by atomic mass is 10.0. The molecule has 0 saturated carbocycles. The van der Waals surface area contributed by atoms with Gasteiger partial charge in [0.25, 0.3) is 0 Å². The second-order valence-corrected chi connectivity index (χ2v) is 7.04. The van der Waals surface area contributed by atoms with E-state index in [0.29, 0.717) is 41.1 Å². The fourth-order valence-corrected chi connectivity index (χ4v) is 3.48. The second kappa shape index (κ2) is 8.82. The summed E-state index contributed by atoms with van der Waals surface area (Å²) in [5.41, 5.74) is 2.34. The SMILES string of the molecule is CCN(CCOC)C(=O)Oc1c2cccc(-c3ccc(Cl)cc3Cl)c2nn1C. The first-order valence-electron chi connectivity index (χ1n) is 8.83. The van der Waals surface area contributed by atoms with Gasteiger partial charge in [-0.2, -0.15) is 5.10 Å². The Morgan fingerprint density at radius 2 is 2.00 bits per heavy atom. The van der Waals surface area contributed by atoms with Crippen molar-refractivity contribution in [1.82, 2.24) is 14.7 Å². The average molecular weight is 422 g/mol. The van der Waals surface area contributed by atoms with Crippen molar-refractivity contribution in [2.45, 2.75) is 6.92 Å². The van der Waals surface area contributed by atoms with E-state index in [-0.39, 0.29) is 0 Å². The highest BCUT2D eigenvalue weighted by Crippen LogP contribution is 2.37. The van der Waals surface area contributed by atoms with Crippen molar-refractivity contribution >= 4 is 40.2 Å². The van der Waals surface area contributed by atoms with Crippen molar-refractivity contribution in [2.75, 3.05) is 26.8 Å². The van der Waals surface area contributed by atoms with E-state index in [1.165, 1.54) is 0 Å². The summed E-state index contributed by atoms with van der Waals surface area (Å²) in [7, 11) is 3.33. The van der Waals surface area contributed by atoms with E-state index in [9.17, 15) is 4.79 Å². The van der Waals surface area contributed by atoms with Crippen LogP contribution in [0.3, 0.4) is 0 Å². The number of likely N-dealkylation sites (N-methyl/N-ethyl adjacent to an activating group) is 1. The zero-order valence-electron chi connectivity index (χ0n) is 15.9. The Bertz CT molecular complexity index is 1000. The first-order chi connectivity index (χ1) is 13.5. The highest BCUT2D eigenvalue weighted by atomic mass is 35.5. The van der Waals surface area contributed by atoms with Crippen LogP contribution in [-0.2, 0) is 11.8 Å². The lowest BCUT2D eigenvalue weighted by Gasteiger charge is -2.19. The van der Waals surface area contributed by atoms with Crippen molar-refractivity contribution in [3.05, 3.63) is 46.4 Å². The van der Waals surface area contributed by atoms with Crippen molar-refractivity contribution < 1.29 is 14.3 Å². The smallest absolute Gasteiger partial charge is 0.391 e. The average Bonchev–Trinajstić information content (AvgIpc) is 2.98. The number of hydrogen-bond donors (Lipinski definition) is 0. The van der Waals surface area contributed by atoms with Crippen LogP contribution in [0, 0.1) is 0 Å². The number of ether oxygens (including phenoxy) is 2. The van der Waals surface area contributed by atoms with Crippen LogP contribution in [-0.4, -0.2) is 47.6 Å². The summed E-state index contributed by atoms with van der Waals surface area (Å²) in [6.07, 6.45) is -0.445. The van der Waals surface area contributed by atoms with Gasteiger partial charge in [0.2, 0.25) is 5.88 Å². The number of nitrogens with zero attached hydrogens (tertiary/aromatic N) is 3. The number of methoxy groups -OCH3 is 1. The molecule has 0 fully saturated rings. The van der Waals surface area contributed by atoms with Gasteiger partial charge in [-0.3, -0.25) is 0 Å². The quantitative estimate of drug-likeness (QED) is 0.560. The molecule has 0 spiro atoms. The van der Waals surface area contributed by atoms with Crippen LogP contribution in [0.4, 0.5) is 4.79 Å². The van der Waals surface area contributed by atoms with E-state index in [0.717, 1.165) is 16.5 Å². The van der Waals surface area contributed by atoms with Gasteiger partial charge in [-0.15, -0.1) is 0 Å². The zero-order valence-corrected chi connectivity index (χ0v) is 17.4.